The van der Waals surface area contributed by atoms with E-state index >= 15 is 0 Å². The van der Waals surface area contributed by atoms with E-state index in [9.17, 15) is 22.8 Å². The maximum absolute atomic E-state index is 13.5. The Bertz CT molecular complexity index is 1500. The monoisotopic (exact) mass is 492 g/mol. The zero-order chi connectivity index (χ0) is 25.4. The molecule has 0 fully saturated rings. The molecule has 36 heavy (non-hydrogen) atoms. The number of aryl methyl sites for hydroxylation is 1. The lowest BCUT2D eigenvalue weighted by atomic mass is 9.89. The van der Waals surface area contributed by atoms with Crippen LogP contribution in [0.25, 0.3) is 16.6 Å². The number of alkyl halides is 3. The lowest BCUT2D eigenvalue weighted by Gasteiger charge is -2.22. The van der Waals surface area contributed by atoms with Crippen LogP contribution in [0, 0.1) is 0 Å². The van der Waals surface area contributed by atoms with Crippen LogP contribution in [0.15, 0.2) is 65.7 Å². The van der Waals surface area contributed by atoms with E-state index in [0.29, 0.717) is 29.5 Å². The molecule has 1 atom stereocenters. The highest BCUT2D eigenvalue weighted by Crippen LogP contribution is 2.31. The number of fused-ring (bicyclic) bond motifs is 3. The Morgan fingerprint density at radius 1 is 1.03 bits per heavy atom. The lowest BCUT2D eigenvalue weighted by molar-refractivity contribution is -0.141. The topological polar surface area (TPSA) is 76.9 Å². The number of nitrogens with zero attached hydrogens (tertiary/aromatic N) is 3. The molecule has 0 unspecified atom stereocenters. The van der Waals surface area contributed by atoms with Crippen LogP contribution in [0.1, 0.15) is 58.7 Å². The largest absolute Gasteiger partial charge is 0.433 e. The molecule has 0 bridgehead atoms. The van der Waals surface area contributed by atoms with E-state index in [-0.39, 0.29) is 23.2 Å². The van der Waals surface area contributed by atoms with E-state index in [0.717, 1.165) is 41.7 Å². The van der Waals surface area contributed by atoms with Gasteiger partial charge in [0.2, 0.25) is 0 Å². The van der Waals surface area contributed by atoms with Gasteiger partial charge in [-0.3, -0.25) is 19.1 Å². The molecular weight excluding hydrogens is 469 g/mol. The van der Waals surface area contributed by atoms with Crippen LogP contribution < -0.4 is 10.9 Å². The van der Waals surface area contributed by atoms with Gasteiger partial charge in [-0.15, -0.1) is 0 Å². The first-order chi connectivity index (χ1) is 17.2. The summed E-state index contributed by atoms with van der Waals surface area (Å²) < 4.78 is 40.5. The summed E-state index contributed by atoms with van der Waals surface area (Å²) in [7, 11) is 0. The summed E-state index contributed by atoms with van der Waals surface area (Å²) in [5.74, 6) is -0.284. The molecule has 3 aromatic heterocycles. The third kappa shape index (κ3) is 4.36. The van der Waals surface area contributed by atoms with Crippen LogP contribution >= 0.6 is 0 Å². The highest BCUT2D eigenvalue weighted by molar-refractivity contribution is 5.99. The van der Waals surface area contributed by atoms with E-state index < -0.39 is 11.9 Å². The maximum Gasteiger partial charge on any atom is 0.433 e. The highest BCUT2D eigenvalue weighted by Gasteiger charge is 2.32. The molecular formula is C27H23F3N4O2. The second-order valence-electron chi connectivity index (χ2n) is 8.89. The standard InChI is InChI=1S/C27H23F3N4O2/c1-16(22-8-4-5-13-31-22)33-25(35)17-9-11-23-21(14-17)19-6-2-3-7-20(19)26(36)34(23)18-10-12-24(32-15-18)27(28,29)30/h4-5,8-16H,2-3,6-7H2,1H3,(H,33,35)/t16-/m0/s1. The summed E-state index contributed by atoms with van der Waals surface area (Å²) in [6.07, 6.45) is 1.19. The Morgan fingerprint density at radius 2 is 1.81 bits per heavy atom. The van der Waals surface area contributed by atoms with Crippen molar-refractivity contribution in [3.8, 4) is 5.69 Å². The van der Waals surface area contributed by atoms with Gasteiger partial charge >= 0.3 is 6.18 Å². The molecule has 1 N–H and O–H groups in total. The van der Waals surface area contributed by atoms with Crippen LogP contribution in [0.2, 0.25) is 0 Å². The smallest absolute Gasteiger partial charge is 0.344 e. The number of aromatic nitrogens is 3. The van der Waals surface area contributed by atoms with Crippen molar-refractivity contribution in [2.75, 3.05) is 0 Å². The molecule has 6 nitrogen and oxygen atoms in total. The predicted molar refractivity (Wildman–Crippen MR) is 129 cm³/mol. The van der Waals surface area contributed by atoms with Gasteiger partial charge in [-0.25, -0.2) is 4.98 Å². The molecule has 0 spiro atoms. The van der Waals surface area contributed by atoms with Crippen LogP contribution in [0.3, 0.4) is 0 Å². The minimum atomic E-state index is -4.57. The van der Waals surface area contributed by atoms with Crippen LogP contribution in [-0.4, -0.2) is 20.4 Å². The van der Waals surface area contributed by atoms with E-state index in [1.165, 1.54) is 10.6 Å². The first kappa shape index (κ1) is 23.7. The third-order valence-electron chi connectivity index (χ3n) is 6.53. The highest BCUT2D eigenvalue weighted by atomic mass is 19.4. The summed E-state index contributed by atoms with van der Waals surface area (Å²) in [6, 6.07) is 12.3. The Hall–Kier alpha value is -4.01. The van der Waals surface area contributed by atoms with E-state index in [1.807, 2.05) is 19.1 Å². The fourth-order valence-electron chi connectivity index (χ4n) is 4.73. The van der Waals surface area contributed by atoms with Crippen molar-refractivity contribution in [2.24, 2.45) is 0 Å². The fourth-order valence-corrected chi connectivity index (χ4v) is 4.73. The van der Waals surface area contributed by atoms with E-state index in [2.05, 4.69) is 15.3 Å². The average Bonchev–Trinajstić information content (AvgIpc) is 2.89. The van der Waals surface area contributed by atoms with Crippen molar-refractivity contribution in [3.05, 3.63) is 99.4 Å². The molecule has 1 aromatic carbocycles. The van der Waals surface area contributed by atoms with Gasteiger partial charge in [-0.2, -0.15) is 13.2 Å². The Balaban J connectivity index is 1.60. The molecule has 1 aliphatic carbocycles. The first-order valence-corrected chi connectivity index (χ1v) is 11.7. The van der Waals surface area contributed by atoms with Gasteiger partial charge in [0.1, 0.15) is 5.69 Å². The van der Waals surface area contributed by atoms with Crippen molar-refractivity contribution >= 4 is 16.8 Å². The Labute approximate surface area is 204 Å². The minimum absolute atomic E-state index is 0.243. The van der Waals surface area contributed by atoms with Gasteiger partial charge in [0.15, 0.2) is 0 Å². The summed E-state index contributed by atoms with van der Waals surface area (Å²) in [5, 5.41) is 3.69. The summed E-state index contributed by atoms with van der Waals surface area (Å²) >= 11 is 0. The number of hydrogen-bond acceptors (Lipinski definition) is 4. The second-order valence-corrected chi connectivity index (χ2v) is 8.89. The number of amides is 1. The quantitative estimate of drug-likeness (QED) is 0.427. The number of halogens is 3. The third-order valence-corrected chi connectivity index (χ3v) is 6.53. The van der Waals surface area contributed by atoms with Gasteiger partial charge in [0.05, 0.1) is 29.1 Å². The van der Waals surface area contributed by atoms with Crippen LogP contribution in [0.4, 0.5) is 13.2 Å². The van der Waals surface area contributed by atoms with Crippen molar-refractivity contribution < 1.29 is 18.0 Å². The molecule has 1 amide bonds. The minimum Gasteiger partial charge on any atom is -0.344 e. The van der Waals surface area contributed by atoms with Crippen LogP contribution in [0.5, 0.6) is 0 Å². The van der Waals surface area contributed by atoms with Gasteiger partial charge in [-0.05, 0) is 80.6 Å². The molecule has 4 aromatic rings. The van der Waals surface area contributed by atoms with Gasteiger partial charge in [0.25, 0.3) is 11.5 Å². The van der Waals surface area contributed by atoms with Gasteiger partial charge in [0, 0.05) is 22.7 Å². The van der Waals surface area contributed by atoms with E-state index in [4.69, 9.17) is 0 Å². The van der Waals surface area contributed by atoms with Crippen molar-refractivity contribution in [1.29, 1.82) is 0 Å². The lowest BCUT2D eigenvalue weighted by Crippen LogP contribution is -2.28. The zero-order valence-corrected chi connectivity index (χ0v) is 19.5. The number of pyridine rings is 3. The summed E-state index contributed by atoms with van der Waals surface area (Å²) in [4.78, 5) is 34.3. The second kappa shape index (κ2) is 9.22. The predicted octanol–water partition coefficient (Wildman–Crippen LogP) is 5.17. The van der Waals surface area contributed by atoms with Crippen LogP contribution in [-0.2, 0) is 19.0 Å². The Kier molecular flexibility index (Phi) is 6.07. The molecule has 0 radical (unpaired) electrons. The normalized spacial score (nSPS) is 14.3. The summed E-state index contributed by atoms with van der Waals surface area (Å²) in [6.45, 7) is 1.85. The zero-order valence-electron chi connectivity index (χ0n) is 19.5. The molecule has 1 aliphatic rings. The molecule has 0 saturated heterocycles. The molecule has 0 aliphatic heterocycles. The fraction of sp³-hybridized carbons (Fsp3) is 0.259. The number of carbonyl (C=O) groups is 1. The average molecular weight is 493 g/mol. The van der Waals surface area contributed by atoms with Crippen molar-refractivity contribution in [1.82, 2.24) is 19.9 Å². The molecule has 5 rings (SSSR count). The van der Waals surface area contributed by atoms with Crippen molar-refractivity contribution in [2.45, 2.75) is 44.8 Å². The Morgan fingerprint density at radius 3 is 2.47 bits per heavy atom. The van der Waals surface area contributed by atoms with Gasteiger partial charge in [-0.1, -0.05) is 6.07 Å². The molecule has 0 saturated carbocycles. The summed E-state index contributed by atoms with van der Waals surface area (Å²) in [5.41, 5.74) is 2.16. The molecule has 9 heteroatoms. The first-order valence-electron chi connectivity index (χ1n) is 11.7. The molecule has 3 heterocycles. The number of benzene rings is 1. The van der Waals surface area contributed by atoms with Crippen molar-refractivity contribution in [3.63, 3.8) is 0 Å². The van der Waals surface area contributed by atoms with E-state index in [1.54, 1.807) is 30.5 Å². The SMILES string of the molecule is C[C@H](NC(=O)c1ccc2c(c1)c1c(c(=O)n2-c2ccc(C(F)(F)F)nc2)CCCC1)c1ccccn1. The number of rotatable bonds is 4. The molecule has 184 valence electrons. The number of carbonyl (C=O) groups excluding carboxylic acids is 1. The number of nitrogens with one attached hydrogen (secondary N) is 1. The number of hydrogen-bond donors (Lipinski definition) is 1. The maximum atomic E-state index is 13.5. The van der Waals surface area contributed by atoms with Gasteiger partial charge < -0.3 is 5.32 Å².